The molecule has 0 aliphatic rings. The molecule has 0 saturated heterocycles. The smallest absolute Gasteiger partial charge is 0.243 e. The zero-order valence-electron chi connectivity index (χ0n) is 11.6. The van der Waals surface area contributed by atoms with Crippen molar-refractivity contribution in [1.29, 1.82) is 0 Å². The third-order valence-corrected chi connectivity index (χ3v) is 5.24. The molecule has 1 aromatic carbocycles. The van der Waals surface area contributed by atoms with Crippen LogP contribution in [0.4, 0.5) is 5.69 Å². The first-order chi connectivity index (χ1) is 8.82. The standard InChI is InChI=1S/C13H22N2O3S/c1-10(2)15(8-5-9-16)19(17,18)13-7-4-6-12(14)11(13)3/h4,6-7,10,16H,5,8-9,14H2,1-3H3. The second kappa shape index (κ2) is 6.36. The van der Waals surface area contributed by atoms with E-state index in [0.717, 1.165) is 0 Å². The van der Waals surface area contributed by atoms with E-state index >= 15 is 0 Å². The van der Waals surface area contributed by atoms with Gasteiger partial charge in [0, 0.05) is 24.9 Å². The molecule has 0 fully saturated rings. The van der Waals surface area contributed by atoms with E-state index < -0.39 is 10.0 Å². The van der Waals surface area contributed by atoms with Crippen LogP contribution >= 0.6 is 0 Å². The van der Waals surface area contributed by atoms with E-state index in [-0.39, 0.29) is 17.5 Å². The summed E-state index contributed by atoms with van der Waals surface area (Å²) in [7, 11) is -3.58. The van der Waals surface area contributed by atoms with Crippen LogP contribution < -0.4 is 5.73 Å². The summed E-state index contributed by atoms with van der Waals surface area (Å²) in [5.74, 6) is 0. The van der Waals surface area contributed by atoms with Crippen molar-refractivity contribution in [2.45, 2.75) is 38.1 Å². The lowest BCUT2D eigenvalue weighted by atomic mass is 10.2. The van der Waals surface area contributed by atoms with Crippen molar-refractivity contribution in [3.05, 3.63) is 23.8 Å². The maximum absolute atomic E-state index is 12.6. The first kappa shape index (κ1) is 15.9. The Morgan fingerprint density at radius 3 is 2.53 bits per heavy atom. The third-order valence-electron chi connectivity index (χ3n) is 3.03. The molecule has 19 heavy (non-hydrogen) atoms. The molecule has 0 aliphatic carbocycles. The zero-order valence-corrected chi connectivity index (χ0v) is 12.4. The lowest BCUT2D eigenvalue weighted by molar-refractivity contribution is 0.258. The van der Waals surface area contributed by atoms with E-state index in [9.17, 15) is 8.42 Å². The predicted octanol–water partition coefficient (Wildman–Crippen LogP) is 1.36. The normalized spacial score (nSPS) is 12.3. The average Bonchev–Trinajstić information content (AvgIpc) is 2.32. The van der Waals surface area contributed by atoms with E-state index in [0.29, 0.717) is 24.2 Å². The van der Waals surface area contributed by atoms with Crippen LogP contribution in [0.1, 0.15) is 25.8 Å². The average molecular weight is 286 g/mol. The van der Waals surface area contributed by atoms with Crippen LogP contribution in [-0.2, 0) is 10.0 Å². The summed E-state index contributed by atoms with van der Waals surface area (Å²) in [6.07, 6.45) is 0.415. The lowest BCUT2D eigenvalue weighted by Crippen LogP contribution is -2.38. The van der Waals surface area contributed by atoms with E-state index in [4.69, 9.17) is 10.8 Å². The van der Waals surface area contributed by atoms with Crippen LogP contribution in [0.2, 0.25) is 0 Å². The summed E-state index contributed by atoms with van der Waals surface area (Å²) < 4.78 is 26.7. The third kappa shape index (κ3) is 3.46. The number of hydrogen-bond donors (Lipinski definition) is 2. The predicted molar refractivity (Wildman–Crippen MR) is 76.3 cm³/mol. The Bertz CT molecular complexity index is 527. The number of benzene rings is 1. The molecular weight excluding hydrogens is 264 g/mol. The lowest BCUT2D eigenvalue weighted by Gasteiger charge is -2.26. The molecule has 0 atom stereocenters. The molecule has 5 nitrogen and oxygen atoms in total. The van der Waals surface area contributed by atoms with Crippen molar-refractivity contribution in [2.24, 2.45) is 0 Å². The van der Waals surface area contributed by atoms with Crippen molar-refractivity contribution in [3.8, 4) is 0 Å². The summed E-state index contributed by atoms with van der Waals surface area (Å²) in [5.41, 5.74) is 6.80. The molecule has 1 rings (SSSR count). The number of nitrogens with two attached hydrogens (primary N) is 1. The van der Waals surface area contributed by atoms with E-state index in [1.54, 1.807) is 25.1 Å². The Hall–Kier alpha value is -1.11. The fraction of sp³-hybridized carbons (Fsp3) is 0.538. The molecule has 1 aromatic rings. The molecule has 0 aliphatic heterocycles. The number of rotatable bonds is 6. The number of aliphatic hydroxyl groups excluding tert-OH is 1. The monoisotopic (exact) mass is 286 g/mol. The fourth-order valence-corrected chi connectivity index (χ4v) is 3.85. The van der Waals surface area contributed by atoms with Crippen LogP contribution in [0.25, 0.3) is 0 Å². The van der Waals surface area contributed by atoms with Crippen LogP contribution in [0.3, 0.4) is 0 Å². The van der Waals surface area contributed by atoms with Gasteiger partial charge in [0.2, 0.25) is 10.0 Å². The molecule has 6 heteroatoms. The van der Waals surface area contributed by atoms with E-state index in [2.05, 4.69) is 0 Å². The number of anilines is 1. The molecule has 0 unspecified atom stereocenters. The molecule has 0 radical (unpaired) electrons. The molecule has 0 bridgehead atoms. The first-order valence-corrected chi connectivity index (χ1v) is 7.74. The SMILES string of the molecule is Cc1c(N)cccc1S(=O)(=O)N(CCCO)C(C)C. The Kier molecular flexibility index (Phi) is 5.34. The van der Waals surface area contributed by atoms with Gasteiger partial charge in [0.05, 0.1) is 4.90 Å². The van der Waals surface area contributed by atoms with Gasteiger partial charge in [-0.3, -0.25) is 0 Å². The van der Waals surface area contributed by atoms with Crippen molar-refractivity contribution < 1.29 is 13.5 Å². The van der Waals surface area contributed by atoms with Crippen LogP contribution in [0.15, 0.2) is 23.1 Å². The highest BCUT2D eigenvalue weighted by molar-refractivity contribution is 7.89. The zero-order chi connectivity index (χ0) is 14.6. The molecule has 0 aromatic heterocycles. The minimum absolute atomic E-state index is 0.0331. The first-order valence-electron chi connectivity index (χ1n) is 6.30. The summed E-state index contributed by atoms with van der Waals surface area (Å²) >= 11 is 0. The molecular formula is C13H22N2O3S. The number of hydrogen-bond acceptors (Lipinski definition) is 4. The van der Waals surface area contributed by atoms with Crippen molar-refractivity contribution in [3.63, 3.8) is 0 Å². The van der Waals surface area contributed by atoms with Gasteiger partial charge in [-0.2, -0.15) is 4.31 Å². The highest BCUT2D eigenvalue weighted by Crippen LogP contribution is 2.25. The quantitative estimate of drug-likeness (QED) is 0.773. The fourth-order valence-electron chi connectivity index (χ4n) is 1.92. The highest BCUT2D eigenvalue weighted by atomic mass is 32.2. The molecule has 0 spiro atoms. The van der Waals surface area contributed by atoms with E-state index in [1.807, 2.05) is 13.8 Å². The van der Waals surface area contributed by atoms with Gasteiger partial charge < -0.3 is 10.8 Å². The number of nitrogen functional groups attached to an aromatic ring is 1. The molecule has 3 N–H and O–H groups in total. The Balaban J connectivity index is 3.23. The minimum atomic E-state index is -3.58. The second-order valence-electron chi connectivity index (χ2n) is 4.76. The highest BCUT2D eigenvalue weighted by Gasteiger charge is 2.28. The minimum Gasteiger partial charge on any atom is -0.398 e. The Morgan fingerprint density at radius 1 is 1.37 bits per heavy atom. The van der Waals surface area contributed by atoms with Crippen molar-refractivity contribution in [2.75, 3.05) is 18.9 Å². The largest absolute Gasteiger partial charge is 0.398 e. The summed E-state index contributed by atoms with van der Waals surface area (Å²) in [6.45, 7) is 5.60. The van der Waals surface area contributed by atoms with Gasteiger partial charge in [0.15, 0.2) is 0 Å². The van der Waals surface area contributed by atoms with Crippen molar-refractivity contribution >= 4 is 15.7 Å². The summed E-state index contributed by atoms with van der Waals surface area (Å²) in [6, 6.07) is 4.72. The topological polar surface area (TPSA) is 83.6 Å². The number of sulfonamides is 1. The number of aliphatic hydroxyl groups is 1. The van der Waals surface area contributed by atoms with Crippen molar-refractivity contribution in [1.82, 2.24) is 4.31 Å². The van der Waals surface area contributed by atoms with Gasteiger partial charge in [-0.1, -0.05) is 6.07 Å². The summed E-state index contributed by atoms with van der Waals surface area (Å²) in [4.78, 5) is 0.235. The van der Waals surface area contributed by atoms with Gasteiger partial charge in [0.25, 0.3) is 0 Å². The maximum atomic E-state index is 12.6. The van der Waals surface area contributed by atoms with Gasteiger partial charge in [-0.25, -0.2) is 8.42 Å². The molecule has 0 saturated carbocycles. The number of nitrogens with zero attached hydrogens (tertiary/aromatic N) is 1. The molecule has 0 amide bonds. The second-order valence-corrected chi connectivity index (χ2v) is 6.62. The van der Waals surface area contributed by atoms with Gasteiger partial charge in [-0.05, 0) is 44.9 Å². The van der Waals surface area contributed by atoms with Crippen LogP contribution in [0, 0.1) is 6.92 Å². The van der Waals surface area contributed by atoms with Gasteiger partial charge >= 0.3 is 0 Å². The Labute approximate surface area is 115 Å². The molecule has 0 heterocycles. The van der Waals surface area contributed by atoms with Gasteiger partial charge in [0.1, 0.15) is 0 Å². The van der Waals surface area contributed by atoms with E-state index in [1.165, 1.54) is 4.31 Å². The van der Waals surface area contributed by atoms with Crippen LogP contribution in [-0.4, -0.2) is 37.0 Å². The molecule has 108 valence electrons. The Morgan fingerprint density at radius 2 is 2.00 bits per heavy atom. The van der Waals surface area contributed by atoms with Gasteiger partial charge in [-0.15, -0.1) is 0 Å². The summed E-state index contributed by atoms with van der Waals surface area (Å²) in [5, 5.41) is 8.89. The maximum Gasteiger partial charge on any atom is 0.243 e. The van der Waals surface area contributed by atoms with Crippen LogP contribution in [0.5, 0.6) is 0 Å².